The minimum absolute atomic E-state index is 0.290. The topological polar surface area (TPSA) is 77.4 Å². The van der Waals surface area contributed by atoms with Crippen molar-refractivity contribution in [3.05, 3.63) is 35.9 Å². The molecule has 1 aromatic rings. The van der Waals surface area contributed by atoms with Gasteiger partial charge in [0.15, 0.2) is 12.1 Å². The fourth-order valence-electron chi connectivity index (χ4n) is 2.81. The molecule has 1 aromatic carbocycles. The number of benzene rings is 1. The summed E-state index contributed by atoms with van der Waals surface area (Å²) in [6.45, 7) is 3.67. The number of hydrogen-bond donors (Lipinski definition) is 2. The van der Waals surface area contributed by atoms with Gasteiger partial charge in [-0.1, -0.05) is 30.3 Å². The number of ether oxygens (including phenoxy) is 4. The van der Waals surface area contributed by atoms with Gasteiger partial charge in [-0.2, -0.15) is 0 Å². The van der Waals surface area contributed by atoms with Crippen LogP contribution in [0.3, 0.4) is 0 Å². The predicted octanol–water partition coefficient (Wildman–Crippen LogP) is 0.974. The zero-order valence-corrected chi connectivity index (χ0v) is 12.7. The molecule has 0 bridgehead atoms. The van der Waals surface area contributed by atoms with Gasteiger partial charge in [0, 0.05) is 5.56 Å². The highest BCUT2D eigenvalue weighted by molar-refractivity contribution is 5.16. The van der Waals surface area contributed by atoms with Crippen molar-refractivity contribution in [2.24, 2.45) is 0 Å². The highest BCUT2D eigenvalue weighted by Gasteiger charge is 2.47. The van der Waals surface area contributed by atoms with E-state index in [9.17, 15) is 10.2 Å². The van der Waals surface area contributed by atoms with Crippen molar-refractivity contribution in [2.45, 2.75) is 50.3 Å². The van der Waals surface area contributed by atoms with E-state index in [1.807, 2.05) is 44.2 Å². The summed E-state index contributed by atoms with van der Waals surface area (Å²) in [6, 6.07) is 9.43. The Labute approximate surface area is 129 Å². The summed E-state index contributed by atoms with van der Waals surface area (Å²) in [7, 11) is 0. The third-order valence-electron chi connectivity index (χ3n) is 3.95. The van der Waals surface area contributed by atoms with E-state index in [0.29, 0.717) is 6.61 Å². The molecule has 2 saturated heterocycles. The fraction of sp³-hybridized carbons (Fsp3) is 0.625. The van der Waals surface area contributed by atoms with Crippen LogP contribution < -0.4 is 0 Å². The first-order valence-corrected chi connectivity index (χ1v) is 7.47. The molecule has 0 aromatic heterocycles. The lowest BCUT2D eigenvalue weighted by atomic mass is 10.0. The van der Waals surface area contributed by atoms with Gasteiger partial charge in [-0.05, 0) is 13.8 Å². The van der Waals surface area contributed by atoms with Gasteiger partial charge in [-0.25, -0.2) is 0 Å². The maximum Gasteiger partial charge on any atom is 0.184 e. The molecule has 0 radical (unpaired) electrons. The molecule has 122 valence electrons. The first-order chi connectivity index (χ1) is 10.5. The third-order valence-corrected chi connectivity index (χ3v) is 3.95. The molecule has 2 aliphatic heterocycles. The van der Waals surface area contributed by atoms with Crippen molar-refractivity contribution in [1.82, 2.24) is 0 Å². The number of aliphatic hydroxyl groups is 2. The van der Waals surface area contributed by atoms with E-state index >= 15 is 0 Å². The van der Waals surface area contributed by atoms with Crippen LogP contribution in [-0.4, -0.2) is 53.6 Å². The third kappa shape index (κ3) is 3.17. The Bertz CT molecular complexity index is 491. The fourth-order valence-corrected chi connectivity index (χ4v) is 2.81. The summed E-state index contributed by atoms with van der Waals surface area (Å²) in [5, 5.41) is 19.9. The Morgan fingerprint density at radius 2 is 1.91 bits per heavy atom. The minimum atomic E-state index is -0.979. The maximum absolute atomic E-state index is 10.4. The van der Waals surface area contributed by atoms with Gasteiger partial charge in [0.05, 0.1) is 13.2 Å². The molecule has 2 aliphatic rings. The molecule has 0 amide bonds. The molecule has 0 spiro atoms. The van der Waals surface area contributed by atoms with E-state index in [0.717, 1.165) is 5.56 Å². The second kappa shape index (κ2) is 6.23. The summed E-state index contributed by atoms with van der Waals surface area (Å²) in [6.07, 6.45) is -3.39. The van der Waals surface area contributed by atoms with Crippen molar-refractivity contribution < 1.29 is 29.2 Å². The summed E-state index contributed by atoms with van der Waals surface area (Å²) in [5.41, 5.74) is 0.830. The van der Waals surface area contributed by atoms with Crippen molar-refractivity contribution in [1.29, 1.82) is 0 Å². The molecular weight excluding hydrogens is 288 g/mol. The molecule has 3 rings (SSSR count). The molecule has 6 heteroatoms. The van der Waals surface area contributed by atoms with Crippen molar-refractivity contribution in [2.75, 3.05) is 13.2 Å². The van der Waals surface area contributed by atoms with E-state index in [2.05, 4.69) is 0 Å². The Morgan fingerprint density at radius 1 is 1.18 bits per heavy atom. The maximum atomic E-state index is 10.4. The second-order valence-electron chi connectivity index (χ2n) is 6.06. The van der Waals surface area contributed by atoms with Crippen LogP contribution >= 0.6 is 0 Å². The van der Waals surface area contributed by atoms with Crippen molar-refractivity contribution >= 4 is 0 Å². The van der Waals surface area contributed by atoms with Crippen molar-refractivity contribution in [3.63, 3.8) is 0 Å². The van der Waals surface area contributed by atoms with Crippen molar-refractivity contribution in [3.8, 4) is 0 Å². The Balaban J connectivity index is 1.79. The Kier molecular flexibility index (Phi) is 4.49. The van der Waals surface area contributed by atoms with Gasteiger partial charge in [0.1, 0.15) is 24.4 Å². The summed E-state index contributed by atoms with van der Waals surface area (Å²) in [5.74, 6) is -0.705. The average molecular weight is 310 g/mol. The summed E-state index contributed by atoms with van der Waals surface area (Å²) in [4.78, 5) is 0. The van der Waals surface area contributed by atoms with Gasteiger partial charge >= 0.3 is 0 Å². The smallest absolute Gasteiger partial charge is 0.184 e. The first-order valence-electron chi connectivity index (χ1n) is 7.47. The van der Waals surface area contributed by atoms with Gasteiger partial charge in [0.25, 0.3) is 0 Å². The zero-order chi connectivity index (χ0) is 15.7. The molecule has 0 saturated carbocycles. The van der Waals surface area contributed by atoms with Crippen LogP contribution in [0.4, 0.5) is 0 Å². The van der Waals surface area contributed by atoms with E-state index < -0.39 is 36.5 Å². The highest BCUT2D eigenvalue weighted by atomic mass is 16.8. The molecular formula is C16H22O6. The van der Waals surface area contributed by atoms with Gasteiger partial charge in [-0.3, -0.25) is 0 Å². The molecule has 2 heterocycles. The van der Waals surface area contributed by atoms with E-state index in [4.69, 9.17) is 18.9 Å². The molecule has 6 nitrogen and oxygen atoms in total. The van der Waals surface area contributed by atoms with Crippen LogP contribution in [-0.2, 0) is 18.9 Å². The van der Waals surface area contributed by atoms with E-state index in [1.54, 1.807) is 0 Å². The SMILES string of the molecule is CC1(C)OC[C@H]([C@H]2OC(c3ccccc3)O[C@@H](CO)[C@H]2O)O1. The lowest BCUT2D eigenvalue weighted by Crippen LogP contribution is -2.54. The summed E-state index contributed by atoms with van der Waals surface area (Å²) >= 11 is 0. The second-order valence-corrected chi connectivity index (χ2v) is 6.06. The van der Waals surface area contributed by atoms with Crippen LogP contribution in [0.2, 0.25) is 0 Å². The quantitative estimate of drug-likeness (QED) is 0.866. The largest absolute Gasteiger partial charge is 0.394 e. The Hall–Kier alpha value is -1.02. The molecule has 5 atom stereocenters. The van der Waals surface area contributed by atoms with Crippen LogP contribution in [0, 0.1) is 0 Å². The monoisotopic (exact) mass is 310 g/mol. The molecule has 2 fully saturated rings. The average Bonchev–Trinajstić information content (AvgIpc) is 2.88. The number of hydrogen-bond acceptors (Lipinski definition) is 6. The van der Waals surface area contributed by atoms with Gasteiger partial charge in [0.2, 0.25) is 0 Å². The minimum Gasteiger partial charge on any atom is -0.394 e. The standard InChI is InChI=1S/C16H22O6/c1-16(2)19-9-12(22-16)14-13(18)11(8-17)20-15(21-14)10-6-4-3-5-7-10/h3-7,11-15,17-18H,8-9H2,1-2H3/t11-,12+,13+,14+,15?/m0/s1. The van der Waals surface area contributed by atoms with Crippen LogP contribution in [0.5, 0.6) is 0 Å². The Morgan fingerprint density at radius 3 is 2.50 bits per heavy atom. The molecule has 0 aliphatic carbocycles. The lowest BCUT2D eigenvalue weighted by molar-refractivity contribution is -0.312. The van der Waals surface area contributed by atoms with Crippen LogP contribution in [0.25, 0.3) is 0 Å². The van der Waals surface area contributed by atoms with Gasteiger partial charge in [-0.15, -0.1) is 0 Å². The van der Waals surface area contributed by atoms with Crippen LogP contribution in [0.1, 0.15) is 25.7 Å². The lowest BCUT2D eigenvalue weighted by Gasteiger charge is -2.41. The summed E-state index contributed by atoms with van der Waals surface area (Å²) < 4.78 is 22.9. The highest BCUT2D eigenvalue weighted by Crippen LogP contribution is 2.35. The van der Waals surface area contributed by atoms with Gasteiger partial charge < -0.3 is 29.2 Å². The number of rotatable bonds is 3. The molecule has 1 unspecified atom stereocenters. The molecule has 22 heavy (non-hydrogen) atoms. The van der Waals surface area contributed by atoms with E-state index in [-0.39, 0.29) is 6.61 Å². The van der Waals surface area contributed by atoms with E-state index in [1.165, 1.54) is 0 Å². The van der Waals surface area contributed by atoms with Crippen LogP contribution in [0.15, 0.2) is 30.3 Å². The zero-order valence-electron chi connectivity index (χ0n) is 12.7. The normalized spacial score (nSPS) is 38.1. The molecule has 2 N–H and O–H groups in total. The predicted molar refractivity (Wildman–Crippen MR) is 76.9 cm³/mol. The number of aliphatic hydroxyl groups excluding tert-OH is 2. The first kappa shape index (κ1) is 15.9.